The third-order valence-corrected chi connectivity index (χ3v) is 0.930. The summed E-state index contributed by atoms with van der Waals surface area (Å²) in [5.74, 6) is 0.701. The van der Waals surface area contributed by atoms with Crippen LogP contribution < -0.4 is 5.32 Å². The van der Waals surface area contributed by atoms with Gasteiger partial charge >= 0.3 is 0 Å². The molecule has 0 unspecified atom stereocenters. The van der Waals surface area contributed by atoms with Gasteiger partial charge in [-0.1, -0.05) is 0 Å². The van der Waals surface area contributed by atoms with Crippen LogP contribution in [0.1, 0.15) is 6.92 Å². The minimum absolute atomic E-state index is 0.312. The highest BCUT2D eigenvalue weighted by atomic mass is 16.5. The summed E-state index contributed by atoms with van der Waals surface area (Å²) in [7, 11) is 0. The van der Waals surface area contributed by atoms with Crippen molar-refractivity contribution < 1.29 is 4.74 Å². The number of rotatable bonds is 0. The molecule has 2 nitrogen and oxygen atoms in total. The van der Waals surface area contributed by atoms with Gasteiger partial charge in [-0.15, -0.1) is 0 Å². The average molecular weight is 99.1 g/mol. The summed E-state index contributed by atoms with van der Waals surface area (Å²) < 4.78 is 5.06. The predicted molar refractivity (Wildman–Crippen MR) is 27.7 cm³/mol. The maximum atomic E-state index is 5.06. The van der Waals surface area contributed by atoms with E-state index >= 15 is 0 Å². The highest BCUT2D eigenvalue weighted by molar-refractivity contribution is 4.87. The van der Waals surface area contributed by atoms with Crippen LogP contribution in [0.25, 0.3) is 0 Å². The molecule has 0 spiro atoms. The van der Waals surface area contributed by atoms with Crippen molar-refractivity contribution >= 4 is 0 Å². The SMILES string of the molecule is C=C1NC[C@H](C)O1. The molecule has 1 aliphatic heterocycles. The van der Waals surface area contributed by atoms with E-state index in [0.717, 1.165) is 6.54 Å². The van der Waals surface area contributed by atoms with Gasteiger partial charge < -0.3 is 10.1 Å². The van der Waals surface area contributed by atoms with E-state index < -0.39 is 0 Å². The van der Waals surface area contributed by atoms with Crippen molar-refractivity contribution in [3.05, 3.63) is 12.5 Å². The van der Waals surface area contributed by atoms with Crippen molar-refractivity contribution in [2.24, 2.45) is 0 Å². The highest BCUT2D eigenvalue weighted by Crippen LogP contribution is 2.02. The summed E-state index contributed by atoms with van der Waals surface area (Å²) in [6.07, 6.45) is 0.312. The monoisotopic (exact) mass is 99.1 g/mol. The van der Waals surface area contributed by atoms with Crippen LogP contribution in [-0.2, 0) is 4.74 Å². The van der Waals surface area contributed by atoms with E-state index in [-0.39, 0.29) is 0 Å². The third-order valence-electron chi connectivity index (χ3n) is 0.930. The lowest BCUT2D eigenvalue weighted by Crippen LogP contribution is -2.08. The second-order valence-corrected chi connectivity index (χ2v) is 1.73. The second kappa shape index (κ2) is 1.45. The van der Waals surface area contributed by atoms with Gasteiger partial charge in [0.05, 0.1) is 6.54 Å². The molecule has 1 fully saturated rings. The van der Waals surface area contributed by atoms with E-state index in [1.54, 1.807) is 0 Å². The van der Waals surface area contributed by atoms with Crippen LogP contribution in [0.2, 0.25) is 0 Å². The molecular formula is C5H9NO. The summed E-state index contributed by atoms with van der Waals surface area (Å²) in [4.78, 5) is 0. The zero-order chi connectivity index (χ0) is 5.28. The van der Waals surface area contributed by atoms with Crippen LogP contribution in [-0.4, -0.2) is 12.6 Å². The van der Waals surface area contributed by atoms with Crippen molar-refractivity contribution in [1.82, 2.24) is 5.32 Å². The van der Waals surface area contributed by atoms with Crippen LogP contribution in [0.5, 0.6) is 0 Å². The van der Waals surface area contributed by atoms with Crippen molar-refractivity contribution in [3.8, 4) is 0 Å². The number of hydrogen-bond acceptors (Lipinski definition) is 2. The van der Waals surface area contributed by atoms with Gasteiger partial charge in [-0.2, -0.15) is 0 Å². The first-order chi connectivity index (χ1) is 3.29. The van der Waals surface area contributed by atoms with E-state index in [4.69, 9.17) is 4.74 Å². The molecule has 1 N–H and O–H groups in total. The molecule has 1 saturated heterocycles. The lowest BCUT2D eigenvalue weighted by molar-refractivity contribution is 0.185. The molecular weight excluding hydrogens is 90.1 g/mol. The van der Waals surface area contributed by atoms with Gasteiger partial charge in [0.15, 0.2) is 5.88 Å². The molecule has 0 radical (unpaired) electrons. The molecule has 0 aromatic heterocycles. The Labute approximate surface area is 43.2 Å². The minimum Gasteiger partial charge on any atom is -0.475 e. The van der Waals surface area contributed by atoms with Crippen molar-refractivity contribution in [2.75, 3.05) is 6.54 Å². The molecule has 1 atom stereocenters. The van der Waals surface area contributed by atoms with Gasteiger partial charge in [0.1, 0.15) is 6.10 Å². The summed E-state index contributed by atoms with van der Waals surface area (Å²) in [6.45, 7) is 6.48. The molecule has 0 amide bonds. The quantitative estimate of drug-likeness (QED) is 0.476. The van der Waals surface area contributed by atoms with Gasteiger partial charge in [0.2, 0.25) is 0 Å². The van der Waals surface area contributed by atoms with E-state index in [1.807, 2.05) is 6.92 Å². The Morgan fingerprint density at radius 2 is 2.71 bits per heavy atom. The first kappa shape index (κ1) is 4.50. The summed E-state index contributed by atoms with van der Waals surface area (Å²) in [5.41, 5.74) is 0. The fraction of sp³-hybridized carbons (Fsp3) is 0.600. The van der Waals surface area contributed by atoms with Crippen LogP contribution in [0.4, 0.5) is 0 Å². The topological polar surface area (TPSA) is 21.3 Å². The molecule has 0 aromatic carbocycles. The van der Waals surface area contributed by atoms with Gasteiger partial charge in [0.25, 0.3) is 0 Å². The van der Waals surface area contributed by atoms with Crippen LogP contribution in [0.15, 0.2) is 12.5 Å². The van der Waals surface area contributed by atoms with E-state index in [2.05, 4.69) is 11.9 Å². The Bertz CT molecular complexity index is 90.1. The molecule has 7 heavy (non-hydrogen) atoms. The molecule has 0 aromatic rings. The Hall–Kier alpha value is -0.660. The first-order valence-corrected chi connectivity index (χ1v) is 2.38. The molecule has 1 heterocycles. The molecule has 0 saturated carbocycles. The van der Waals surface area contributed by atoms with E-state index in [0.29, 0.717) is 12.0 Å². The van der Waals surface area contributed by atoms with Gasteiger partial charge in [-0.05, 0) is 13.5 Å². The smallest absolute Gasteiger partial charge is 0.179 e. The Kier molecular flexibility index (Phi) is 0.929. The second-order valence-electron chi connectivity index (χ2n) is 1.73. The van der Waals surface area contributed by atoms with Crippen molar-refractivity contribution in [2.45, 2.75) is 13.0 Å². The third kappa shape index (κ3) is 0.856. The minimum atomic E-state index is 0.312. The molecule has 40 valence electrons. The molecule has 1 rings (SSSR count). The van der Waals surface area contributed by atoms with Crippen molar-refractivity contribution in [3.63, 3.8) is 0 Å². The maximum absolute atomic E-state index is 5.06. The summed E-state index contributed by atoms with van der Waals surface area (Å²) >= 11 is 0. The Morgan fingerprint density at radius 3 is 2.86 bits per heavy atom. The first-order valence-electron chi connectivity index (χ1n) is 2.38. The average Bonchev–Trinajstić information content (AvgIpc) is 1.87. The standard InChI is InChI=1S/C5H9NO/c1-4-3-6-5(2)7-4/h4,6H,2-3H2,1H3/t4-/m0/s1. The Balaban J connectivity index is 2.40. The zero-order valence-corrected chi connectivity index (χ0v) is 4.40. The largest absolute Gasteiger partial charge is 0.475 e. The van der Waals surface area contributed by atoms with Gasteiger partial charge in [-0.25, -0.2) is 0 Å². The predicted octanol–water partition coefficient (Wildman–Crippen LogP) is 0.466. The molecule has 0 aliphatic carbocycles. The normalized spacial score (nSPS) is 29.3. The maximum Gasteiger partial charge on any atom is 0.179 e. The van der Waals surface area contributed by atoms with E-state index in [1.165, 1.54) is 0 Å². The fourth-order valence-corrected chi connectivity index (χ4v) is 0.584. The van der Waals surface area contributed by atoms with Gasteiger partial charge in [0, 0.05) is 0 Å². The van der Waals surface area contributed by atoms with Gasteiger partial charge in [-0.3, -0.25) is 0 Å². The number of ether oxygens (including phenoxy) is 1. The Morgan fingerprint density at radius 1 is 2.00 bits per heavy atom. The summed E-state index contributed by atoms with van der Waals surface area (Å²) in [5, 5.41) is 2.95. The van der Waals surface area contributed by atoms with Crippen LogP contribution in [0, 0.1) is 0 Å². The summed E-state index contributed by atoms with van der Waals surface area (Å²) in [6, 6.07) is 0. The fourth-order valence-electron chi connectivity index (χ4n) is 0.584. The molecule has 1 aliphatic rings. The lowest BCUT2D eigenvalue weighted by Gasteiger charge is -1.96. The number of nitrogens with one attached hydrogen (secondary N) is 1. The highest BCUT2D eigenvalue weighted by Gasteiger charge is 2.10. The lowest BCUT2D eigenvalue weighted by atomic mass is 10.4. The zero-order valence-electron chi connectivity index (χ0n) is 4.40. The van der Waals surface area contributed by atoms with E-state index in [9.17, 15) is 0 Å². The van der Waals surface area contributed by atoms with Crippen LogP contribution in [0.3, 0.4) is 0 Å². The molecule has 2 heteroatoms. The van der Waals surface area contributed by atoms with Crippen LogP contribution >= 0.6 is 0 Å². The molecule has 0 bridgehead atoms. The number of hydrogen-bond donors (Lipinski definition) is 1. The van der Waals surface area contributed by atoms with Crippen molar-refractivity contribution in [1.29, 1.82) is 0 Å².